The Labute approximate surface area is 126 Å². The van der Waals surface area contributed by atoms with Gasteiger partial charge in [0, 0.05) is 18.2 Å². The largest absolute Gasteiger partial charge is 0.496 e. The van der Waals surface area contributed by atoms with Crippen molar-refractivity contribution < 1.29 is 9.13 Å². The zero-order valence-corrected chi connectivity index (χ0v) is 12.8. The highest BCUT2D eigenvalue weighted by molar-refractivity contribution is 5.36. The number of benzene rings is 2. The molecule has 2 nitrogen and oxygen atoms in total. The fraction of sp³-hybridized carbons (Fsp3) is 0.333. The van der Waals surface area contributed by atoms with Crippen LogP contribution in [-0.2, 0) is 13.0 Å². The van der Waals surface area contributed by atoms with Crippen LogP contribution in [0.3, 0.4) is 0 Å². The van der Waals surface area contributed by atoms with Crippen LogP contribution >= 0.6 is 0 Å². The molecule has 0 aliphatic heterocycles. The number of halogens is 1. The van der Waals surface area contributed by atoms with Crippen molar-refractivity contribution in [3.8, 4) is 5.75 Å². The second-order valence-corrected chi connectivity index (χ2v) is 5.11. The zero-order chi connectivity index (χ0) is 15.2. The van der Waals surface area contributed by atoms with E-state index < -0.39 is 0 Å². The molecule has 0 aromatic heterocycles. The first kappa shape index (κ1) is 15.5. The monoisotopic (exact) mass is 287 g/mol. The van der Waals surface area contributed by atoms with Crippen LogP contribution in [0.5, 0.6) is 5.75 Å². The molecule has 0 fully saturated rings. The maximum atomic E-state index is 13.4. The number of hydrogen-bond acceptors (Lipinski definition) is 2. The Hall–Kier alpha value is -1.87. The molecule has 0 spiro atoms. The van der Waals surface area contributed by atoms with E-state index in [1.807, 2.05) is 13.0 Å². The van der Waals surface area contributed by atoms with E-state index in [1.165, 1.54) is 23.3 Å². The molecule has 2 aromatic carbocycles. The van der Waals surface area contributed by atoms with Crippen LogP contribution in [0.1, 0.15) is 36.6 Å². The number of rotatable bonds is 6. The van der Waals surface area contributed by atoms with Crippen molar-refractivity contribution in [3.63, 3.8) is 0 Å². The molecule has 1 atom stereocenters. The van der Waals surface area contributed by atoms with Gasteiger partial charge in [-0.15, -0.1) is 0 Å². The fourth-order valence-electron chi connectivity index (χ4n) is 2.49. The number of ether oxygens (including phenoxy) is 1. The Morgan fingerprint density at radius 2 is 1.86 bits per heavy atom. The van der Waals surface area contributed by atoms with Crippen molar-refractivity contribution >= 4 is 0 Å². The van der Waals surface area contributed by atoms with E-state index in [1.54, 1.807) is 13.2 Å². The maximum absolute atomic E-state index is 13.4. The molecule has 0 aliphatic rings. The molecule has 0 heterocycles. The van der Waals surface area contributed by atoms with Gasteiger partial charge in [0.05, 0.1) is 7.11 Å². The second kappa shape index (κ2) is 7.23. The van der Waals surface area contributed by atoms with E-state index in [2.05, 4.69) is 30.4 Å². The molecule has 2 rings (SSSR count). The quantitative estimate of drug-likeness (QED) is 0.857. The lowest BCUT2D eigenvalue weighted by Gasteiger charge is -2.18. The smallest absolute Gasteiger partial charge is 0.123 e. The first-order valence-electron chi connectivity index (χ1n) is 7.29. The molecule has 0 aliphatic carbocycles. The predicted molar refractivity (Wildman–Crippen MR) is 84.0 cm³/mol. The molecular formula is C18H22FNO. The van der Waals surface area contributed by atoms with Crippen LogP contribution in [0, 0.1) is 5.82 Å². The summed E-state index contributed by atoms with van der Waals surface area (Å²) in [6.45, 7) is 4.93. The van der Waals surface area contributed by atoms with E-state index in [4.69, 9.17) is 4.74 Å². The average Bonchev–Trinajstić information content (AvgIpc) is 2.52. The summed E-state index contributed by atoms with van der Waals surface area (Å²) in [5.41, 5.74) is 3.46. The predicted octanol–water partition coefficient (Wildman–Crippen LogP) is 4.25. The van der Waals surface area contributed by atoms with Crippen molar-refractivity contribution in [3.05, 3.63) is 65.0 Å². The summed E-state index contributed by atoms with van der Waals surface area (Å²) in [5.74, 6) is 0.466. The number of hydrogen-bond donors (Lipinski definition) is 1. The third-order valence-corrected chi connectivity index (χ3v) is 3.76. The highest BCUT2D eigenvalue weighted by Gasteiger charge is 2.12. The van der Waals surface area contributed by atoms with Crippen LogP contribution < -0.4 is 10.1 Å². The summed E-state index contributed by atoms with van der Waals surface area (Å²) in [6.07, 6.45) is 1.01. The van der Waals surface area contributed by atoms with Crippen LogP contribution in [0.2, 0.25) is 0 Å². The summed E-state index contributed by atoms with van der Waals surface area (Å²) in [6, 6.07) is 13.0. The van der Waals surface area contributed by atoms with Gasteiger partial charge in [-0.05, 0) is 42.7 Å². The summed E-state index contributed by atoms with van der Waals surface area (Å²) in [4.78, 5) is 0. The summed E-state index contributed by atoms with van der Waals surface area (Å²) >= 11 is 0. The maximum Gasteiger partial charge on any atom is 0.123 e. The summed E-state index contributed by atoms with van der Waals surface area (Å²) in [5, 5.41) is 3.45. The third kappa shape index (κ3) is 3.82. The Morgan fingerprint density at radius 3 is 2.52 bits per heavy atom. The van der Waals surface area contributed by atoms with E-state index >= 15 is 0 Å². The lowest BCUT2D eigenvalue weighted by atomic mass is 10.0. The van der Waals surface area contributed by atoms with Gasteiger partial charge in [-0.25, -0.2) is 4.39 Å². The van der Waals surface area contributed by atoms with Crippen LogP contribution in [0.4, 0.5) is 4.39 Å². The van der Waals surface area contributed by atoms with Crippen molar-refractivity contribution in [2.75, 3.05) is 7.11 Å². The molecule has 3 heteroatoms. The fourth-order valence-corrected chi connectivity index (χ4v) is 2.49. The van der Waals surface area contributed by atoms with Gasteiger partial charge in [-0.1, -0.05) is 31.2 Å². The number of aryl methyl sites for hydroxylation is 1. The van der Waals surface area contributed by atoms with Crippen molar-refractivity contribution in [1.82, 2.24) is 5.32 Å². The van der Waals surface area contributed by atoms with Crippen molar-refractivity contribution in [2.45, 2.75) is 32.9 Å². The van der Waals surface area contributed by atoms with E-state index in [0.29, 0.717) is 5.75 Å². The van der Waals surface area contributed by atoms with Gasteiger partial charge in [0.1, 0.15) is 11.6 Å². The van der Waals surface area contributed by atoms with Crippen LogP contribution in [0.25, 0.3) is 0 Å². The van der Waals surface area contributed by atoms with Gasteiger partial charge < -0.3 is 10.1 Å². The molecule has 112 valence electrons. The topological polar surface area (TPSA) is 21.3 Å². The molecule has 0 radical (unpaired) electrons. The van der Waals surface area contributed by atoms with Gasteiger partial charge in [0.15, 0.2) is 0 Å². The molecule has 1 unspecified atom stereocenters. The van der Waals surface area contributed by atoms with Crippen LogP contribution in [0.15, 0.2) is 42.5 Å². The lowest BCUT2D eigenvalue weighted by Crippen LogP contribution is -2.19. The molecule has 0 amide bonds. The van der Waals surface area contributed by atoms with E-state index in [-0.39, 0.29) is 11.9 Å². The minimum absolute atomic E-state index is 0.0144. The second-order valence-electron chi connectivity index (χ2n) is 5.11. The zero-order valence-electron chi connectivity index (χ0n) is 12.8. The highest BCUT2D eigenvalue weighted by Crippen LogP contribution is 2.26. The SMILES string of the molecule is CCc1ccccc1CNC(C)c1cc(F)ccc1OC. The molecular weight excluding hydrogens is 265 g/mol. The first-order valence-corrected chi connectivity index (χ1v) is 7.29. The normalized spacial score (nSPS) is 12.2. The molecule has 0 saturated carbocycles. The number of nitrogens with one attached hydrogen (secondary N) is 1. The van der Waals surface area contributed by atoms with E-state index in [9.17, 15) is 4.39 Å². The molecule has 1 N–H and O–H groups in total. The van der Waals surface area contributed by atoms with Gasteiger partial charge in [-0.2, -0.15) is 0 Å². The summed E-state index contributed by atoms with van der Waals surface area (Å²) in [7, 11) is 1.61. The Balaban J connectivity index is 2.11. The average molecular weight is 287 g/mol. The Bertz CT molecular complexity index is 598. The first-order chi connectivity index (χ1) is 10.2. The minimum Gasteiger partial charge on any atom is -0.496 e. The number of methoxy groups -OCH3 is 1. The Morgan fingerprint density at radius 1 is 1.14 bits per heavy atom. The molecule has 0 bridgehead atoms. The van der Waals surface area contributed by atoms with Gasteiger partial charge >= 0.3 is 0 Å². The van der Waals surface area contributed by atoms with Crippen molar-refractivity contribution in [1.29, 1.82) is 0 Å². The van der Waals surface area contributed by atoms with Crippen molar-refractivity contribution in [2.24, 2.45) is 0 Å². The van der Waals surface area contributed by atoms with Gasteiger partial charge in [-0.3, -0.25) is 0 Å². The molecule has 0 saturated heterocycles. The van der Waals surface area contributed by atoms with Gasteiger partial charge in [0.2, 0.25) is 0 Å². The molecule has 2 aromatic rings. The molecule has 21 heavy (non-hydrogen) atoms. The lowest BCUT2D eigenvalue weighted by molar-refractivity contribution is 0.399. The highest BCUT2D eigenvalue weighted by atomic mass is 19.1. The Kier molecular flexibility index (Phi) is 5.34. The van der Waals surface area contributed by atoms with Gasteiger partial charge in [0.25, 0.3) is 0 Å². The third-order valence-electron chi connectivity index (χ3n) is 3.76. The van der Waals surface area contributed by atoms with Crippen LogP contribution in [-0.4, -0.2) is 7.11 Å². The standard InChI is InChI=1S/C18H22FNO/c1-4-14-7-5-6-8-15(14)12-20-13(2)17-11-16(19)9-10-18(17)21-3/h5-11,13,20H,4,12H2,1-3H3. The minimum atomic E-state index is -0.242. The summed E-state index contributed by atoms with van der Waals surface area (Å²) < 4.78 is 18.8. The van der Waals surface area contributed by atoms with E-state index in [0.717, 1.165) is 18.5 Å².